The molecule has 0 aromatic heterocycles. The topological polar surface area (TPSA) is 64.6 Å². The zero-order chi connectivity index (χ0) is 27.4. The second-order valence-corrected chi connectivity index (χ2v) is 10.4. The fourth-order valence-corrected chi connectivity index (χ4v) is 5.50. The number of carbonyl (C=O) groups is 2. The van der Waals surface area contributed by atoms with Gasteiger partial charge in [0.25, 0.3) is 0 Å². The van der Waals surface area contributed by atoms with E-state index in [1.165, 1.54) is 0 Å². The van der Waals surface area contributed by atoms with Gasteiger partial charge in [0.2, 0.25) is 0 Å². The van der Waals surface area contributed by atoms with Gasteiger partial charge in [-0.15, -0.1) is 0 Å². The lowest BCUT2D eigenvalue weighted by molar-refractivity contribution is -0.144. The van der Waals surface area contributed by atoms with Crippen LogP contribution in [0.3, 0.4) is 0 Å². The van der Waals surface area contributed by atoms with Crippen molar-refractivity contribution in [2.45, 2.75) is 64.6 Å². The molecule has 5 nitrogen and oxygen atoms in total. The summed E-state index contributed by atoms with van der Waals surface area (Å²) in [5.41, 5.74) is 5.68. The lowest BCUT2D eigenvalue weighted by atomic mass is 9.71. The summed E-state index contributed by atoms with van der Waals surface area (Å²) in [5.74, 6) is -0.200. The Labute approximate surface area is 230 Å². The number of allylic oxidation sites excluding steroid dienone is 3. The largest absolute Gasteiger partial charge is 0.489 e. The maximum absolute atomic E-state index is 13.9. The van der Waals surface area contributed by atoms with Crippen LogP contribution in [0.5, 0.6) is 5.75 Å². The molecule has 2 aliphatic rings. The molecular weight excluding hydrogens is 486 g/mol. The zero-order valence-electron chi connectivity index (χ0n) is 22.8. The van der Waals surface area contributed by atoms with Crippen LogP contribution in [0.15, 0.2) is 107 Å². The van der Waals surface area contributed by atoms with Crippen molar-refractivity contribution in [2.75, 3.05) is 0 Å². The van der Waals surface area contributed by atoms with Gasteiger partial charge < -0.3 is 14.8 Å². The minimum absolute atomic E-state index is 0.0433. The molecule has 5 heteroatoms. The highest BCUT2D eigenvalue weighted by Crippen LogP contribution is 2.47. The van der Waals surface area contributed by atoms with Gasteiger partial charge in [0.05, 0.1) is 17.6 Å². The number of ether oxygens (including phenoxy) is 2. The third-order valence-corrected chi connectivity index (χ3v) is 7.67. The van der Waals surface area contributed by atoms with Crippen molar-refractivity contribution in [3.05, 3.63) is 124 Å². The second-order valence-electron chi connectivity index (χ2n) is 10.4. The summed E-state index contributed by atoms with van der Waals surface area (Å²) in [6.07, 6.45) is 1.56. The van der Waals surface area contributed by atoms with Crippen molar-refractivity contribution in [1.82, 2.24) is 5.32 Å². The Morgan fingerprint density at radius 1 is 0.949 bits per heavy atom. The van der Waals surface area contributed by atoms with Crippen LogP contribution in [-0.2, 0) is 20.9 Å². The van der Waals surface area contributed by atoms with Crippen molar-refractivity contribution in [2.24, 2.45) is 0 Å². The Balaban J connectivity index is 1.57. The molecule has 0 amide bonds. The first-order valence-electron chi connectivity index (χ1n) is 13.7. The molecule has 0 spiro atoms. The van der Waals surface area contributed by atoms with Crippen LogP contribution in [0.25, 0.3) is 0 Å². The average Bonchev–Trinajstić information content (AvgIpc) is 2.96. The Bertz CT molecular complexity index is 1410. The molecule has 39 heavy (non-hydrogen) atoms. The van der Waals surface area contributed by atoms with Crippen LogP contribution in [0.2, 0.25) is 0 Å². The van der Waals surface area contributed by atoms with Gasteiger partial charge in [0, 0.05) is 29.0 Å². The highest BCUT2D eigenvalue weighted by Gasteiger charge is 2.42. The van der Waals surface area contributed by atoms with Gasteiger partial charge in [-0.05, 0) is 49.8 Å². The number of hydrogen-bond donors (Lipinski definition) is 1. The van der Waals surface area contributed by atoms with Gasteiger partial charge in [0.15, 0.2) is 5.78 Å². The number of para-hydroxylation sites is 1. The Morgan fingerprint density at radius 2 is 1.62 bits per heavy atom. The molecular formula is C34H35NO4. The van der Waals surface area contributed by atoms with E-state index in [4.69, 9.17) is 9.47 Å². The van der Waals surface area contributed by atoms with Gasteiger partial charge in [-0.25, -0.2) is 4.79 Å². The van der Waals surface area contributed by atoms with Gasteiger partial charge in [-0.1, -0.05) is 85.8 Å². The van der Waals surface area contributed by atoms with E-state index in [1.54, 1.807) is 0 Å². The fraction of sp³-hybridized carbons (Fsp3) is 0.294. The summed E-state index contributed by atoms with van der Waals surface area (Å²) in [7, 11) is 0. The van der Waals surface area contributed by atoms with Crippen LogP contribution >= 0.6 is 0 Å². The van der Waals surface area contributed by atoms with Crippen LogP contribution in [-0.4, -0.2) is 17.9 Å². The van der Waals surface area contributed by atoms with Crippen LogP contribution in [0.1, 0.15) is 68.6 Å². The molecule has 1 heterocycles. The van der Waals surface area contributed by atoms with E-state index < -0.39 is 11.9 Å². The predicted molar refractivity (Wildman–Crippen MR) is 152 cm³/mol. The summed E-state index contributed by atoms with van der Waals surface area (Å²) in [6.45, 7) is 6.15. The quantitative estimate of drug-likeness (QED) is 0.324. The first kappa shape index (κ1) is 26.5. The van der Waals surface area contributed by atoms with Crippen LogP contribution in [0, 0.1) is 0 Å². The standard InChI is InChI=1S/C34H35NO4/c1-4-22(2)39-34(37)31-23(3)35-28-19-26(25-15-9-6-10-16-25)20-29(36)33(28)32(31)27-17-11-12-18-30(27)38-21-24-13-7-5-8-14-24/h5-18,22,26,32,35H,4,19-21H2,1-3H3/t22-,26+,32-/m0/s1. The minimum atomic E-state index is -0.575. The lowest BCUT2D eigenvalue weighted by Gasteiger charge is -2.37. The van der Waals surface area contributed by atoms with Crippen molar-refractivity contribution in [1.29, 1.82) is 0 Å². The van der Waals surface area contributed by atoms with Crippen molar-refractivity contribution < 1.29 is 19.1 Å². The smallest absolute Gasteiger partial charge is 0.337 e. The van der Waals surface area contributed by atoms with E-state index >= 15 is 0 Å². The summed E-state index contributed by atoms with van der Waals surface area (Å²) < 4.78 is 12.1. The number of hydrogen-bond acceptors (Lipinski definition) is 5. The monoisotopic (exact) mass is 521 g/mol. The summed E-state index contributed by atoms with van der Waals surface area (Å²) in [4.78, 5) is 27.6. The Kier molecular flexibility index (Phi) is 7.97. The van der Waals surface area contributed by atoms with E-state index in [-0.39, 0.29) is 17.8 Å². The number of ketones is 1. The predicted octanol–water partition coefficient (Wildman–Crippen LogP) is 6.97. The number of benzene rings is 3. The zero-order valence-corrected chi connectivity index (χ0v) is 22.8. The highest BCUT2D eigenvalue weighted by atomic mass is 16.5. The van der Waals surface area contributed by atoms with Crippen LogP contribution in [0.4, 0.5) is 0 Å². The summed E-state index contributed by atoms with van der Waals surface area (Å²) >= 11 is 0. The van der Waals surface area contributed by atoms with Gasteiger partial charge in [-0.2, -0.15) is 0 Å². The van der Waals surface area contributed by atoms with E-state index in [9.17, 15) is 9.59 Å². The normalized spacial score (nSPS) is 19.7. The number of rotatable bonds is 8. The van der Waals surface area contributed by atoms with E-state index in [2.05, 4.69) is 17.4 Å². The molecule has 0 unspecified atom stereocenters. The molecule has 1 aliphatic heterocycles. The number of nitrogens with one attached hydrogen (secondary N) is 1. The maximum atomic E-state index is 13.9. The van der Waals surface area contributed by atoms with E-state index in [1.807, 2.05) is 93.6 Å². The minimum Gasteiger partial charge on any atom is -0.489 e. The van der Waals surface area contributed by atoms with E-state index in [0.29, 0.717) is 48.5 Å². The highest BCUT2D eigenvalue weighted by molar-refractivity contribution is 6.04. The summed E-state index contributed by atoms with van der Waals surface area (Å²) in [5, 5.41) is 3.44. The average molecular weight is 522 g/mol. The third kappa shape index (κ3) is 5.68. The van der Waals surface area contributed by atoms with Crippen LogP contribution < -0.4 is 10.1 Å². The molecule has 0 radical (unpaired) electrons. The molecule has 0 fully saturated rings. The van der Waals surface area contributed by atoms with Crippen molar-refractivity contribution in [3.63, 3.8) is 0 Å². The molecule has 3 aromatic carbocycles. The number of Topliss-reactive ketones (excluding diaryl/α,β-unsaturated/α-hetero) is 1. The third-order valence-electron chi connectivity index (χ3n) is 7.67. The van der Waals surface area contributed by atoms with Crippen molar-refractivity contribution in [3.8, 4) is 5.75 Å². The maximum Gasteiger partial charge on any atom is 0.337 e. The van der Waals surface area contributed by atoms with Gasteiger partial charge >= 0.3 is 5.97 Å². The summed E-state index contributed by atoms with van der Waals surface area (Å²) in [6, 6.07) is 27.8. The molecule has 3 atom stereocenters. The molecule has 0 saturated carbocycles. The second kappa shape index (κ2) is 11.7. The SMILES string of the molecule is CC[C@H](C)OC(=O)C1=C(C)NC2=C(C(=O)C[C@H](c3ccccc3)C2)[C@H]1c1ccccc1OCc1ccccc1. The fourth-order valence-electron chi connectivity index (χ4n) is 5.50. The molecule has 200 valence electrons. The number of dihydropyridines is 1. The number of esters is 1. The first-order chi connectivity index (χ1) is 19.0. The van der Waals surface area contributed by atoms with Crippen molar-refractivity contribution >= 4 is 11.8 Å². The molecule has 5 rings (SSSR count). The Morgan fingerprint density at radius 3 is 2.33 bits per heavy atom. The number of carbonyl (C=O) groups excluding carboxylic acids is 2. The molecule has 0 saturated heterocycles. The Hall–Kier alpha value is -4.12. The molecule has 1 N–H and O–H groups in total. The van der Waals surface area contributed by atoms with Gasteiger partial charge in [-0.3, -0.25) is 4.79 Å². The molecule has 1 aliphatic carbocycles. The first-order valence-corrected chi connectivity index (χ1v) is 13.7. The lowest BCUT2D eigenvalue weighted by Crippen LogP contribution is -2.36. The van der Waals surface area contributed by atoms with Gasteiger partial charge in [0.1, 0.15) is 12.4 Å². The molecule has 3 aromatic rings. The molecule has 0 bridgehead atoms. The van der Waals surface area contributed by atoms with E-state index in [0.717, 1.165) is 22.4 Å².